The van der Waals surface area contributed by atoms with Crippen LogP contribution in [-0.4, -0.2) is 23.6 Å². The Bertz CT molecular complexity index is 578. The first-order valence-corrected chi connectivity index (χ1v) is 7.55. The van der Waals surface area contributed by atoms with Gasteiger partial charge in [0.25, 0.3) is 0 Å². The molecule has 0 amide bonds. The Morgan fingerprint density at radius 3 is 2.43 bits per heavy atom. The second-order valence-electron chi connectivity index (χ2n) is 5.20. The molecule has 0 bridgehead atoms. The van der Waals surface area contributed by atoms with Crippen molar-refractivity contribution < 1.29 is 0 Å². The molecule has 1 aromatic carbocycles. The Kier molecular flexibility index (Phi) is 5.14. The first-order chi connectivity index (χ1) is 10.2. The molecule has 1 aromatic heterocycles. The van der Waals surface area contributed by atoms with Gasteiger partial charge in [0.2, 0.25) is 0 Å². The topological polar surface area (TPSA) is 41.1 Å². The lowest BCUT2D eigenvalue weighted by Crippen LogP contribution is -2.16. The molecule has 0 spiro atoms. The third kappa shape index (κ3) is 3.51. The molecule has 0 aliphatic heterocycles. The number of nitrogens with one attached hydrogen (secondary N) is 1. The highest BCUT2D eigenvalue weighted by molar-refractivity contribution is 5.67. The molecular formula is C17H24N4. The lowest BCUT2D eigenvalue weighted by Gasteiger charge is -2.22. The molecule has 21 heavy (non-hydrogen) atoms. The summed E-state index contributed by atoms with van der Waals surface area (Å²) in [5, 5.41) is 3.39. The predicted molar refractivity (Wildman–Crippen MR) is 89.4 cm³/mol. The lowest BCUT2D eigenvalue weighted by atomic mass is 10.1. The monoisotopic (exact) mass is 284 g/mol. The summed E-state index contributed by atoms with van der Waals surface area (Å²) >= 11 is 0. The first-order valence-electron chi connectivity index (χ1n) is 7.55. The Labute approximate surface area is 127 Å². The van der Waals surface area contributed by atoms with Crippen molar-refractivity contribution in [2.45, 2.75) is 33.6 Å². The summed E-state index contributed by atoms with van der Waals surface area (Å²) < 4.78 is 0. The SMILES string of the molecule is CCCNc1ncnc(N(C)c2ccc(C)cc2)c1CC. The zero-order chi connectivity index (χ0) is 15.2. The van der Waals surface area contributed by atoms with Gasteiger partial charge in [0.1, 0.15) is 18.0 Å². The number of anilines is 3. The number of hydrogen-bond donors (Lipinski definition) is 1. The van der Waals surface area contributed by atoms with E-state index in [0.29, 0.717) is 0 Å². The zero-order valence-corrected chi connectivity index (χ0v) is 13.3. The van der Waals surface area contributed by atoms with Gasteiger partial charge in [-0.15, -0.1) is 0 Å². The molecule has 0 saturated carbocycles. The van der Waals surface area contributed by atoms with Crippen LogP contribution in [-0.2, 0) is 6.42 Å². The van der Waals surface area contributed by atoms with E-state index in [1.807, 2.05) is 0 Å². The molecular weight excluding hydrogens is 260 g/mol. The molecule has 1 heterocycles. The lowest BCUT2D eigenvalue weighted by molar-refractivity contribution is 0.940. The minimum atomic E-state index is 0.901. The summed E-state index contributed by atoms with van der Waals surface area (Å²) in [6, 6.07) is 8.48. The van der Waals surface area contributed by atoms with Gasteiger partial charge in [0.05, 0.1) is 0 Å². The average molecular weight is 284 g/mol. The van der Waals surface area contributed by atoms with Crippen molar-refractivity contribution in [3.8, 4) is 0 Å². The minimum absolute atomic E-state index is 0.901. The molecule has 0 fully saturated rings. The summed E-state index contributed by atoms with van der Waals surface area (Å²) in [6.07, 6.45) is 3.62. The van der Waals surface area contributed by atoms with Crippen LogP contribution in [0, 0.1) is 6.92 Å². The highest BCUT2D eigenvalue weighted by atomic mass is 15.2. The molecule has 4 heteroatoms. The van der Waals surface area contributed by atoms with E-state index in [4.69, 9.17) is 0 Å². The smallest absolute Gasteiger partial charge is 0.141 e. The van der Waals surface area contributed by atoms with Crippen LogP contribution < -0.4 is 10.2 Å². The third-order valence-electron chi connectivity index (χ3n) is 3.56. The fraction of sp³-hybridized carbons (Fsp3) is 0.412. The third-order valence-corrected chi connectivity index (χ3v) is 3.56. The Balaban J connectivity index is 2.35. The van der Waals surface area contributed by atoms with Crippen molar-refractivity contribution in [2.75, 3.05) is 23.8 Å². The second-order valence-corrected chi connectivity index (χ2v) is 5.20. The highest BCUT2D eigenvalue weighted by Crippen LogP contribution is 2.28. The normalized spacial score (nSPS) is 10.5. The molecule has 2 rings (SSSR count). The van der Waals surface area contributed by atoms with Crippen LogP contribution in [0.5, 0.6) is 0 Å². The maximum atomic E-state index is 4.49. The average Bonchev–Trinajstić information content (AvgIpc) is 2.52. The van der Waals surface area contributed by atoms with Gasteiger partial charge in [0.15, 0.2) is 0 Å². The van der Waals surface area contributed by atoms with Crippen LogP contribution in [0.3, 0.4) is 0 Å². The van der Waals surface area contributed by atoms with Crippen LogP contribution in [0.25, 0.3) is 0 Å². The van der Waals surface area contributed by atoms with E-state index >= 15 is 0 Å². The highest BCUT2D eigenvalue weighted by Gasteiger charge is 2.14. The van der Waals surface area contributed by atoms with Crippen molar-refractivity contribution >= 4 is 17.3 Å². The van der Waals surface area contributed by atoms with E-state index in [1.165, 1.54) is 5.56 Å². The summed E-state index contributed by atoms with van der Waals surface area (Å²) in [5.41, 5.74) is 3.56. The summed E-state index contributed by atoms with van der Waals surface area (Å²) in [5.74, 6) is 1.92. The molecule has 0 radical (unpaired) electrons. The molecule has 0 aliphatic carbocycles. The van der Waals surface area contributed by atoms with E-state index in [1.54, 1.807) is 6.33 Å². The van der Waals surface area contributed by atoms with E-state index in [2.05, 4.69) is 72.3 Å². The fourth-order valence-electron chi connectivity index (χ4n) is 2.30. The van der Waals surface area contributed by atoms with Crippen molar-refractivity contribution in [3.63, 3.8) is 0 Å². The Morgan fingerprint density at radius 1 is 1.10 bits per heavy atom. The summed E-state index contributed by atoms with van der Waals surface area (Å²) in [4.78, 5) is 11.0. The van der Waals surface area contributed by atoms with Crippen molar-refractivity contribution in [1.29, 1.82) is 0 Å². The maximum absolute atomic E-state index is 4.49. The van der Waals surface area contributed by atoms with Crippen LogP contribution in [0.4, 0.5) is 17.3 Å². The fourth-order valence-corrected chi connectivity index (χ4v) is 2.30. The van der Waals surface area contributed by atoms with E-state index < -0.39 is 0 Å². The molecule has 0 unspecified atom stereocenters. The number of benzene rings is 1. The number of nitrogens with zero attached hydrogens (tertiary/aromatic N) is 3. The zero-order valence-electron chi connectivity index (χ0n) is 13.3. The Hall–Kier alpha value is -2.10. The standard InChI is InChI=1S/C17H24N4/c1-5-11-18-16-15(6-2)17(20-12-19-16)21(4)14-9-7-13(3)8-10-14/h7-10,12H,5-6,11H2,1-4H3,(H,18,19,20). The minimum Gasteiger partial charge on any atom is -0.370 e. The molecule has 112 valence electrons. The number of aromatic nitrogens is 2. The van der Waals surface area contributed by atoms with Crippen LogP contribution >= 0.6 is 0 Å². The Morgan fingerprint density at radius 2 is 1.81 bits per heavy atom. The van der Waals surface area contributed by atoms with Gasteiger partial charge in [-0.25, -0.2) is 9.97 Å². The van der Waals surface area contributed by atoms with Gasteiger partial charge in [-0.1, -0.05) is 31.5 Å². The first kappa shape index (κ1) is 15.3. The number of rotatable bonds is 6. The quantitative estimate of drug-likeness (QED) is 0.872. The predicted octanol–water partition coefficient (Wildman–Crippen LogP) is 3.94. The molecule has 0 saturated heterocycles. The summed E-state index contributed by atoms with van der Waals surface area (Å²) in [6.45, 7) is 7.32. The van der Waals surface area contributed by atoms with Gasteiger partial charge in [-0.3, -0.25) is 0 Å². The van der Waals surface area contributed by atoms with Crippen LogP contribution in [0.15, 0.2) is 30.6 Å². The second kappa shape index (κ2) is 7.07. The van der Waals surface area contributed by atoms with Gasteiger partial charge in [-0.2, -0.15) is 0 Å². The maximum Gasteiger partial charge on any atom is 0.141 e. The molecule has 0 atom stereocenters. The van der Waals surface area contributed by atoms with Gasteiger partial charge in [-0.05, 0) is 31.9 Å². The van der Waals surface area contributed by atoms with Crippen molar-refractivity contribution in [2.24, 2.45) is 0 Å². The van der Waals surface area contributed by atoms with Crippen LogP contribution in [0.2, 0.25) is 0 Å². The largest absolute Gasteiger partial charge is 0.370 e. The van der Waals surface area contributed by atoms with Gasteiger partial charge >= 0.3 is 0 Å². The van der Waals surface area contributed by atoms with Crippen molar-refractivity contribution in [1.82, 2.24) is 9.97 Å². The molecule has 4 nitrogen and oxygen atoms in total. The van der Waals surface area contributed by atoms with Gasteiger partial charge in [0, 0.05) is 24.8 Å². The number of hydrogen-bond acceptors (Lipinski definition) is 4. The summed E-state index contributed by atoms with van der Waals surface area (Å²) in [7, 11) is 2.05. The molecule has 1 N–H and O–H groups in total. The van der Waals surface area contributed by atoms with E-state index in [0.717, 1.165) is 42.3 Å². The molecule has 2 aromatic rings. The molecule has 0 aliphatic rings. The number of aryl methyl sites for hydroxylation is 1. The van der Waals surface area contributed by atoms with E-state index in [-0.39, 0.29) is 0 Å². The van der Waals surface area contributed by atoms with E-state index in [9.17, 15) is 0 Å². The van der Waals surface area contributed by atoms with Gasteiger partial charge < -0.3 is 10.2 Å². The van der Waals surface area contributed by atoms with Crippen molar-refractivity contribution in [3.05, 3.63) is 41.7 Å². The van der Waals surface area contributed by atoms with Crippen LogP contribution in [0.1, 0.15) is 31.4 Å².